The smallest absolute Gasteiger partial charge is 0.335 e. The Bertz CT molecular complexity index is 2000. The van der Waals surface area contributed by atoms with E-state index in [2.05, 4.69) is 73.1 Å². The Hall–Kier alpha value is -4.54. The lowest BCUT2D eigenvalue weighted by Crippen LogP contribution is -2.30. The quantitative estimate of drug-likeness (QED) is 0.169. The van der Waals surface area contributed by atoms with Gasteiger partial charge in [-0.05, 0) is 93.4 Å². The number of hydrogen-bond acceptors (Lipinski definition) is 2. The lowest BCUT2D eigenvalue weighted by molar-refractivity contribution is 0.0697. The Kier molecular flexibility index (Phi) is 7.26. The third-order valence-corrected chi connectivity index (χ3v) is 8.73. The Morgan fingerprint density at radius 2 is 1.74 bits per heavy atom. The molecule has 42 heavy (non-hydrogen) atoms. The summed E-state index contributed by atoms with van der Waals surface area (Å²) in [7, 11) is 0. The molecule has 7 rings (SSSR count). The summed E-state index contributed by atoms with van der Waals surface area (Å²) >= 11 is 6.08. The summed E-state index contributed by atoms with van der Waals surface area (Å²) < 4.78 is 13.7. The van der Waals surface area contributed by atoms with Crippen molar-refractivity contribution in [3.8, 4) is 0 Å². The minimum Gasteiger partial charge on any atom is -0.478 e. The summed E-state index contributed by atoms with van der Waals surface area (Å²) in [6.45, 7) is 6.47. The number of hydrogen-bond donors (Lipinski definition) is 1. The molecule has 0 saturated heterocycles. The molecule has 0 amide bonds. The van der Waals surface area contributed by atoms with Gasteiger partial charge in [-0.1, -0.05) is 85.3 Å². The van der Waals surface area contributed by atoms with E-state index in [9.17, 15) is 9.18 Å². The van der Waals surface area contributed by atoms with Crippen molar-refractivity contribution in [3.63, 3.8) is 0 Å². The zero-order valence-electron chi connectivity index (χ0n) is 23.1. The number of benzene rings is 5. The van der Waals surface area contributed by atoms with Crippen LogP contribution in [-0.4, -0.2) is 16.1 Å². The standard InChI is InChI=1S/C27H22ClF.C10H7NO2/c1-3-27(2)16-20(18-10-13-25(29)24(28)15-18)14-19-9-11-22-21-7-5-4-6-17(21)8-12-23(22)26(19)27;12-10(13)8-3-4-9-7(6-8)2-1-5-11-9/h3-13,15,20H,1,14,16H2,2H3;1-6H,(H,12,13). The molecule has 0 aliphatic heterocycles. The molecule has 2 unspecified atom stereocenters. The molecule has 0 radical (unpaired) electrons. The summed E-state index contributed by atoms with van der Waals surface area (Å²) in [4.78, 5) is 14.7. The second-order valence-corrected chi connectivity index (χ2v) is 11.5. The van der Waals surface area contributed by atoms with E-state index >= 15 is 0 Å². The first-order chi connectivity index (χ1) is 20.3. The van der Waals surface area contributed by atoms with Crippen LogP contribution >= 0.6 is 11.6 Å². The normalized spacial score (nSPS) is 17.8. The van der Waals surface area contributed by atoms with Crippen LogP contribution in [0.4, 0.5) is 4.39 Å². The van der Waals surface area contributed by atoms with E-state index in [-0.39, 0.29) is 22.2 Å². The Labute approximate surface area is 248 Å². The number of allylic oxidation sites excluding steroid dienone is 1. The highest BCUT2D eigenvalue weighted by Gasteiger charge is 2.36. The highest BCUT2D eigenvalue weighted by molar-refractivity contribution is 6.30. The zero-order chi connectivity index (χ0) is 29.4. The molecule has 5 aromatic carbocycles. The third-order valence-electron chi connectivity index (χ3n) is 8.44. The van der Waals surface area contributed by atoms with Crippen molar-refractivity contribution in [2.24, 2.45) is 0 Å². The molecule has 2 atom stereocenters. The molecule has 1 aromatic heterocycles. The average Bonchev–Trinajstić information content (AvgIpc) is 3.01. The molecule has 1 heterocycles. The summed E-state index contributed by atoms with van der Waals surface area (Å²) in [5, 5.41) is 14.9. The van der Waals surface area contributed by atoms with Gasteiger partial charge in [-0.3, -0.25) is 4.98 Å². The van der Waals surface area contributed by atoms with Crippen LogP contribution in [0.2, 0.25) is 5.02 Å². The molecule has 0 saturated carbocycles. The highest BCUT2D eigenvalue weighted by atomic mass is 35.5. The van der Waals surface area contributed by atoms with Crippen LogP contribution in [0.1, 0.15) is 46.3 Å². The fraction of sp³-hybridized carbons (Fsp3) is 0.135. The van der Waals surface area contributed by atoms with Crippen LogP contribution in [-0.2, 0) is 11.8 Å². The van der Waals surface area contributed by atoms with Crippen molar-refractivity contribution in [1.82, 2.24) is 4.98 Å². The summed E-state index contributed by atoms with van der Waals surface area (Å²) in [6.07, 6.45) is 5.61. The van der Waals surface area contributed by atoms with Crippen molar-refractivity contribution < 1.29 is 14.3 Å². The van der Waals surface area contributed by atoms with E-state index in [1.807, 2.05) is 12.1 Å². The van der Waals surface area contributed by atoms with E-state index < -0.39 is 5.97 Å². The molecule has 6 aromatic rings. The van der Waals surface area contributed by atoms with Crippen LogP contribution in [0.5, 0.6) is 0 Å². The van der Waals surface area contributed by atoms with Gasteiger partial charge in [-0.25, -0.2) is 9.18 Å². The lowest BCUT2D eigenvalue weighted by Gasteiger charge is -2.39. The fourth-order valence-corrected chi connectivity index (χ4v) is 6.51. The van der Waals surface area contributed by atoms with Gasteiger partial charge >= 0.3 is 5.97 Å². The molecule has 208 valence electrons. The third kappa shape index (κ3) is 5.03. The molecule has 3 nitrogen and oxygen atoms in total. The average molecular weight is 574 g/mol. The predicted molar refractivity (Wildman–Crippen MR) is 170 cm³/mol. The number of fused-ring (bicyclic) bond motifs is 6. The van der Waals surface area contributed by atoms with Crippen molar-refractivity contribution >= 4 is 50.0 Å². The van der Waals surface area contributed by atoms with Gasteiger partial charge in [-0.2, -0.15) is 0 Å². The number of carboxylic acids is 1. The molecule has 0 spiro atoms. The number of aromatic carboxylic acids is 1. The van der Waals surface area contributed by atoms with E-state index in [0.717, 1.165) is 29.3 Å². The van der Waals surface area contributed by atoms with Gasteiger partial charge in [0.2, 0.25) is 0 Å². The maximum atomic E-state index is 13.7. The first kappa shape index (κ1) is 27.6. The molecular weight excluding hydrogens is 545 g/mol. The van der Waals surface area contributed by atoms with E-state index in [1.54, 1.807) is 36.5 Å². The molecule has 5 heteroatoms. The maximum Gasteiger partial charge on any atom is 0.335 e. The maximum absolute atomic E-state index is 13.7. The lowest BCUT2D eigenvalue weighted by atomic mass is 9.64. The number of rotatable bonds is 3. The zero-order valence-corrected chi connectivity index (χ0v) is 23.9. The summed E-state index contributed by atoms with van der Waals surface area (Å²) in [5.74, 6) is -0.997. The number of nitrogens with zero attached hydrogens (tertiary/aromatic N) is 1. The Morgan fingerprint density at radius 3 is 2.52 bits per heavy atom. The van der Waals surface area contributed by atoms with E-state index in [1.165, 1.54) is 38.7 Å². The Morgan fingerprint density at radius 1 is 0.952 bits per heavy atom. The van der Waals surface area contributed by atoms with E-state index in [0.29, 0.717) is 5.56 Å². The van der Waals surface area contributed by atoms with Gasteiger partial charge in [0.1, 0.15) is 5.82 Å². The minimum absolute atomic E-state index is 0.166. The second kappa shape index (κ2) is 11.0. The fourth-order valence-electron chi connectivity index (χ4n) is 6.33. The van der Waals surface area contributed by atoms with Gasteiger partial charge in [0, 0.05) is 17.0 Å². The molecule has 1 aliphatic carbocycles. The van der Waals surface area contributed by atoms with Crippen molar-refractivity contribution in [2.75, 3.05) is 0 Å². The van der Waals surface area contributed by atoms with Gasteiger partial charge in [0.15, 0.2) is 0 Å². The molecule has 0 bridgehead atoms. The largest absolute Gasteiger partial charge is 0.478 e. The topological polar surface area (TPSA) is 50.2 Å². The molecule has 1 aliphatic rings. The van der Waals surface area contributed by atoms with E-state index in [4.69, 9.17) is 16.7 Å². The van der Waals surface area contributed by atoms with Crippen LogP contribution in [0.25, 0.3) is 32.4 Å². The molecule has 1 N–H and O–H groups in total. The van der Waals surface area contributed by atoms with Crippen LogP contribution in [0.15, 0.2) is 116 Å². The monoisotopic (exact) mass is 573 g/mol. The van der Waals surface area contributed by atoms with Gasteiger partial charge in [0.05, 0.1) is 16.1 Å². The number of carboxylic acid groups (broad SMARTS) is 1. The van der Waals surface area contributed by atoms with Crippen molar-refractivity contribution in [1.29, 1.82) is 0 Å². The highest BCUT2D eigenvalue weighted by Crippen LogP contribution is 2.48. The van der Waals surface area contributed by atoms with Crippen LogP contribution in [0.3, 0.4) is 0 Å². The van der Waals surface area contributed by atoms with Gasteiger partial charge in [-0.15, -0.1) is 6.58 Å². The van der Waals surface area contributed by atoms with Crippen molar-refractivity contribution in [2.45, 2.75) is 31.1 Å². The van der Waals surface area contributed by atoms with Gasteiger partial charge < -0.3 is 5.11 Å². The minimum atomic E-state index is -0.911. The number of carbonyl (C=O) groups is 1. The van der Waals surface area contributed by atoms with Crippen molar-refractivity contribution in [3.05, 3.63) is 149 Å². The predicted octanol–water partition coefficient (Wildman–Crippen LogP) is 9.89. The van der Waals surface area contributed by atoms with Crippen LogP contribution in [0, 0.1) is 5.82 Å². The summed E-state index contributed by atoms with van der Waals surface area (Å²) in [6, 6.07) is 31.2. The first-order valence-corrected chi connectivity index (χ1v) is 14.3. The second-order valence-electron chi connectivity index (χ2n) is 11.1. The number of pyridine rings is 1. The number of aromatic nitrogens is 1. The Balaban J connectivity index is 0.000000203. The molecule has 0 fully saturated rings. The van der Waals surface area contributed by atoms with Gasteiger partial charge in [0.25, 0.3) is 0 Å². The SMILES string of the molecule is C=CC1(C)CC(c2ccc(F)c(Cl)c2)Cc2ccc3c(ccc4ccccc43)c21.O=C(O)c1ccc2ncccc2c1. The first-order valence-electron chi connectivity index (χ1n) is 13.9. The van der Waals surface area contributed by atoms with Crippen LogP contribution < -0.4 is 0 Å². The molecular formula is C37H29ClFNO2. The summed E-state index contributed by atoms with van der Waals surface area (Å²) in [5.41, 5.74) is 4.75. The number of halogens is 2.